The van der Waals surface area contributed by atoms with Gasteiger partial charge in [-0.2, -0.15) is 0 Å². The molecule has 0 atom stereocenters. The highest BCUT2D eigenvalue weighted by Gasteiger charge is 2.21. The van der Waals surface area contributed by atoms with Crippen molar-refractivity contribution in [2.24, 2.45) is 4.99 Å². The molecule has 0 aromatic carbocycles. The Labute approximate surface area is 162 Å². The Morgan fingerprint density at radius 3 is 2.54 bits per heavy atom. The van der Waals surface area contributed by atoms with Gasteiger partial charge in [0.05, 0.1) is 12.6 Å². The Balaban J connectivity index is 0.00000529. The molecule has 24 heavy (non-hydrogen) atoms. The van der Waals surface area contributed by atoms with Crippen LogP contribution in [0.2, 0.25) is 0 Å². The van der Waals surface area contributed by atoms with E-state index in [2.05, 4.69) is 27.4 Å². The normalized spacial score (nSPS) is 15.8. The van der Waals surface area contributed by atoms with Gasteiger partial charge in [-0.15, -0.1) is 24.0 Å². The first-order valence-corrected chi connectivity index (χ1v) is 8.55. The second-order valence-corrected chi connectivity index (χ2v) is 5.62. The second-order valence-electron chi connectivity index (χ2n) is 5.62. The van der Waals surface area contributed by atoms with E-state index >= 15 is 0 Å². The van der Waals surface area contributed by atoms with Crippen LogP contribution in [0, 0.1) is 0 Å². The fourth-order valence-electron chi connectivity index (χ4n) is 2.51. The molecule has 0 bridgehead atoms. The lowest BCUT2D eigenvalue weighted by Crippen LogP contribution is -2.47. The molecule has 142 valence electrons. The zero-order valence-electron chi connectivity index (χ0n) is 15.2. The summed E-state index contributed by atoms with van der Waals surface area (Å²) in [6.45, 7) is 9.00. The minimum Gasteiger partial charge on any atom is -0.385 e. The van der Waals surface area contributed by atoms with Gasteiger partial charge in [0.1, 0.15) is 0 Å². The number of carbonyl (C=O) groups is 1. The summed E-state index contributed by atoms with van der Waals surface area (Å²) >= 11 is 0. The van der Waals surface area contributed by atoms with E-state index < -0.39 is 0 Å². The maximum Gasteiger partial charge on any atom is 0.216 e. The summed E-state index contributed by atoms with van der Waals surface area (Å²) in [5.41, 5.74) is 0. The van der Waals surface area contributed by atoms with Crippen LogP contribution in [0.4, 0.5) is 0 Å². The summed E-state index contributed by atoms with van der Waals surface area (Å²) in [5.74, 6) is 0.910. The zero-order valence-corrected chi connectivity index (χ0v) is 17.5. The number of rotatable bonds is 9. The highest BCUT2D eigenvalue weighted by Crippen LogP contribution is 2.14. The lowest BCUT2D eigenvalue weighted by molar-refractivity contribution is -0.118. The van der Waals surface area contributed by atoms with Crippen molar-refractivity contribution in [3.05, 3.63) is 0 Å². The number of hydrogen-bond acceptors (Lipinski definition) is 4. The van der Waals surface area contributed by atoms with Gasteiger partial charge < -0.3 is 25.0 Å². The quantitative estimate of drug-likeness (QED) is 0.236. The minimum absolute atomic E-state index is 0. The van der Waals surface area contributed by atoms with E-state index in [1.165, 1.54) is 6.92 Å². The summed E-state index contributed by atoms with van der Waals surface area (Å²) in [6, 6.07) is 0. The van der Waals surface area contributed by atoms with Gasteiger partial charge in [-0.05, 0) is 26.2 Å². The second kappa shape index (κ2) is 14.7. The summed E-state index contributed by atoms with van der Waals surface area (Å²) in [4.78, 5) is 17.7. The van der Waals surface area contributed by atoms with Gasteiger partial charge in [-0.1, -0.05) is 0 Å². The van der Waals surface area contributed by atoms with Gasteiger partial charge in [0, 0.05) is 53.4 Å². The third kappa shape index (κ3) is 10.3. The molecule has 0 radical (unpaired) electrons. The standard InChI is InChI=1S/C16H32N4O3.HI/c1-4-17-16(19-9-8-18-14(2)21)20-10-6-15(7-11-20)23-13-5-12-22-3;/h15H,4-13H2,1-3H3,(H,17,19)(H,18,21);1H. The molecule has 1 aliphatic rings. The third-order valence-corrected chi connectivity index (χ3v) is 3.67. The first-order chi connectivity index (χ1) is 11.2. The molecule has 1 saturated heterocycles. The van der Waals surface area contributed by atoms with Crippen molar-refractivity contribution < 1.29 is 14.3 Å². The number of hydrogen-bond donors (Lipinski definition) is 2. The predicted octanol–water partition coefficient (Wildman–Crippen LogP) is 1.22. The van der Waals surface area contributed by atoms with E-state index in [1.54, 1.807) is 7.11 Å². The number of ether oxygens (including phenoxy) is 2. The summed E-state index contributed by atoms with van der Waals surface area (Å²) < 4.78 is 10.9. The number of aliphatic imine (C=N–C) groups is 1. The number of guanidine groups is 1. The van der Waals surface area contributed by atoms with Crippen LogP contribution in [0.15, 0.2) is 4.99 Å². The van der Waals surface area contributed by atoms with Crippen molar-refractivity contribution in [3.8, 4) is 0 Å². The molecule has 7 nitrogen and oxygen atoms in total. The molecule has 0 saturated carbocycles. The van der Waals surface area contributed by atoms with Gasteiger partial charge in [0.2, 0.25) is 5.91 Å². The molecule has 0 unspecified atom stereocenters. The molecule has 0 aromatic rings. The lowest BCUT2D eigenvalue weighted by atomic mass is 10.1. The monoisotopic (exact) mass is 456 g/mol. The summed E-state index contributed by atoms with van der Waals surface area (Å²) in [7, 11) is 1.71. The van der Waals surface area contributed by atoms with Crippen molar-refractivity contribution in [1.82, 2.24) is 15.5 Å². The zero-order chi connectivity index (χ0) is 16.9. The number of nitrogens with one attached hydrogen (secondary N) is 2. The van der Waals surface area contributed by atoms with Gasteiger partial charge in [-0.3, -0.25) is 9.79 Å². The fraction of sp³-hybridized carbons (Fsp3) is 0.875. The van der Waals surface area contributed by atoms with Crippen molar-refractivity contribution >= 4 is 35.8 Å². The molecule has 0 aliphatic carbocycles. The average Bonchev–Trinajstić information content (AvgIpc) is 2.55. The molecular formula is C16H33IN4O3. The predicted molar refractivity (Wildman–Crippen MR) is 107 cm³/mol. The van der Waals surface area contributed by atoms with Crippen molar-refractivity contribution in [2.75, 3.05) is 53.0 Å². The summed E-state index contributed by atoms with van der Waals surface area (Å²) in [5, 5.41) is 6.08. The van der Waals surface area contributed by atoms with Crippen LogP contribution in [0.5, 0.6) is 0 Å². The number of amides is 1. The van der Waals surface area contributed by atoms with Gasteiger partial charge in [0.25, 0.3) is 0 Å². The van der Waals surface area contributed by atoms with E-state index in [1.807, 2.05) is 0 Å². The Kier molecular flexibility index (Phi) is 14.3. The SMILES string of the molecule is CCNC(=NCCNC(C)=O)N1CCC(OCCCOC)CC1.I. The Morgan fingerprint density at radius 1 is 1.25 bits per heavy atom. The number of piperidine rings is 1. The largest absolute Gasteiger partial charge is 0.385 e. The number of methoxy groups -OCH3 is 1. The molecule has 1 heterocycles. The van der Waals surface area contributed by atoms with E-state index in [4.69, 9.17) is 9.47 Å². The first kappa shape index (κ1) is 23.4. The van der Waals surface area contributed by atoms with Crippen LogP contribution in [0.1, 0.15) is 33.1 Å². The molecular weight excluding hydrogens is 423 g/mol. The maximum absolute atomic E-state index is 10.9. The molecule has 1 fully saturated rings. The van der Waals surface area contributed by atoms with E-state index in [9.17, 15) is 4.79 Å². The molecule has 1 rings (SSSR count). The molecule has 2 N–H and O–H groups in total. The van der Waals surface area contributed by atoms with Crippen LogP contribution in [0.25, 0.3) is 0 Å². The molecule has 1 amide bonds. The van der Waals surface area contributed by atoms with E-state index in [0.29, 0.717) is 19.2 Å². The Morgan fingerprint density at radius 2 is 1.96 bits per heavy atom. The average molecular weight is 456 g/mol. The molecule has 0 spiro atoms. The van der Waals surface area contributed by atoms with Crippen molar-refractivity contribution in [1.29, 1.82) is 0 Å². The third-order valence-electron chi connectivity index (χ3n) is 3.67. The van der Waals surface area contributed by atoms with Crippen molar-refractivity contribution in [2.45, 2.75) is 39.2 Å². The van der Waals surface area contributed by atoms with Crippen LogP contribution in [-0.2, 0) is 14.3 Å². The van der Waals surface area contributed by atoms with Crippen LogP contribution in [-0.4, -0.2) is 75.9 Å². The van der Waals surface area contributed by atoms with E-state index in [0.717, 1.165) is 58.1 Å². The minimum atomic E-state index is -0.0170. The molecule has 0 aromatic heterocycles. The number of carbonyl (C=O) groups excluding carboxylic acids is 1. The smallest absolute Gasteiger partial charge is 0.216 e. The number of likely N-dealkylation sites (tertiary alicyclic amines) is 1. The van der Waals surface area contributed by atoms with Crippen LogP contribution >= 0.6 is 24.0 Å². The maximum atomic E-state index is 10.9. The van der Waals surface area contributed by atoms with Gasteiger partial charge in [0.15, 0.2) is 5.96 Å². The summed E-state index contributed by atoms with van der Waals surface area (Å²) in [6.07, 6.45) is 3.32. The molecule has 1 aliphatic heterocycles. The number of halogens is 1. The Bertz CT molecular complexity index is 361. The van der Waals surface area contributed by atoms with Crippen LogP contribution in [0.3, 0.4) is 0 Å². The first-order valence-electron chi connectivity index (χ1n) is 8.55. The van der Waals surface area contributed by atoms with Crippen LogP contribution < -0.4 is 10.6 Å². The van der Waals surface area contributed by atoms with E-state index in [-0.39, 0.29) is 29.9 Å². The highest BCUT2D eigenvalue weighted by molar-refractivity contribution is 14.0. The topological polar surface area (TPSA) is 75.2 Å². The van der Waals surface area contributed by atoms with Gasteiger partial charge in [-0.25, -0.2) is 0 Å². The fourth-order valence-corrected chi connectivity index (χ4v) is 2.51. The molecule has 8 heteroatoms. The van der Waals surface area contributed by atoms with Crippen molar-refractivity contribution in [3.63, 3.8) is 0 Å². The van der Waals surface area contributed by atoms with Gasteiger partial charge >= 0.3 is 0 Å². The Hall–Kier alpha value is -0.610. The number of nitrogens with zero attached hydrogens (tertiary/aromatic N) is 2. The highest BCUT2D eigenvalue weighted by atomic mass is 127. The lowest BCUT2D eigenvalue weighted by Gasteiger charge is -2.34.